The second-order valence-corrected chi connectivity index (χ2v) is 6.59. The lowest BCUT2D eigenvalue weighted by atomic mass is 10.1. The fraction of sp³-hybridized carbons (Fsp3) is 0.444. The molecule has 4 N–H and O–H groups in total. The first kappa shape index (κ1) is 17.4. The number of nitrogens with zero attached hydrogens (tertiary/aromatic N) is 1. The van der Waals surface area contributed by atoms with Gasteiger partial charge in [0.2, 0.25) is 5.43 Å². The van der Waals surface area contributed by atoms with Gasteiger partial charge >= 0.3 is 5.97 Å². The van der Waals surface area contributed by atoms with E-state index in [1.54, 1.807) is 10.6 Å². The summed E-state index contributed by atoms with van der Waals surface area (Å²) in [6, 6.07) is 2.77. The molecule has 1 aliphatic carbocycles. The lowest BCUT2D eigenvalue weighted by molar-refractivity contribution is 0.0695. The van der Waals surface area contributed by atoms with Crippen molar-refractivity contribution in [3.8, 4) is 0 Å². The number of fused-ring (bicyclic) bond motifs is 1. The molecular formula is C18H22FN3O3. The number of rotatable bonds is 7. The third-order valence-electron chi connectivity index (χ3n) is 4.51. The second kappa shape index (κ2) is 6.84. The fourth-order valence-electron chi connectivity index (χ4n) is 3.03. The minimum atomic E-state index is -1.30. The zero-order valence-electron chi connectivity index (χ0n) is 14.1. The van der Waals surface area contributed by atoms with Gasteiger partial charge in [-0.1, -0.05) is 13.3 Å². The third kappa shape index (κ3) is 3.51. The molecule has 0 aliphatic heterocycles. The Bertz CT molecular complexity index is 874. The van der Waals surface area contributed by atoms with Crippen molar-refractivity contribution in [3.05, 3.63) is 39.9 Å². The van der Waals surface area contributed by atoms with Crippen LogP contribution in [0.2, 0.25) is 0 Å². The molecule has 25 heavy (non-hydrogen) atoms. The normalized spacial score (nSPS) is 15.3. The first-order chi connectivity index (χ1) is 11.9. The Labute approximate surface area is 144 Å². The standard InChI is InChI=1S/C18H22FN3O3/c1-2-3-10(20)8-21-15-7-16-12(6-14(15)19)17(23)13(18(24)25)9-22(16)11-4-5-11/h6-7,9-11,21H,2-5,8,20H2,1H3,(H,24,25). The van der Waals surface area contributed by atoms with Gasteiger partial charge in [-0.15, -0.1) is 0 Å². The van der Waals surface area contributed by atoms with E-state index in [2.05, 4.69) is 5.32 Å². The molecule has 1 aromatic carbocycles. The molecule has 134 valence electrons. The molecule has 1 heterocycles. The molecule has 1 atom stereocenters. The van der Waals surface area contributed by atoms with Crippen molar-refractivity contribution in [1.82, 2.24) is 4.57 Å². The Morgan fingerprint density at radius 3 is 2.80 bits per heavy atom. The van der Waals surface area contributed by atoms with E-state index >= 15 is 0 Å². The van der Waals surface area contributed by atoms with Crippen molar-refractivity contribution < 1.29 is 14.3 Å². The summed E-state index contributed by atoms with van der Waals surface area (Å²) in [5.41, 5.74) is 5.79. The van der Waals surface area contributed by atoms with E-state index in [1.165, 1.54) is 6.20 Å². The maximum absolute atomic E-state index is 14.4. The lowest BCUT2D eigenvalue weighted by Gasteiger charge is -2.16. The largest absolute Gasteiger partial charge is 0.477 e. The number of aromatic nitrogens is 1. The van der Waals surface area contributed by atoms with E-state index in [1.807, 2.05) is 6.92 Å². The number of halogens is 1. The Balaban J connectivity index is 2.06. The molecule has 6 nitrogen and oxygen atoms in total. The molecule has 3 rings (SSSR count). The monoisotopic (exact) mass is 347 g/mol. The number of anilines is 1. The minimum Gasteiger partial charge on any atom is -0.477 e. The molecule has 0 radical (unpaired) electrons. The highest BCUT2D eigenvalue weighted by atomic mass is 19.1. The van der Waals surface area contributed by atoms with Crippen LogP contribution in [0.5, 0.6) is 0 Å². The van der Waals surface area contributed by atoms with Gasteiger partial charge in [-0.2, -0.15) is 0 Å². The Kier molecular flexibility index (Phi) is 4.76. The van der Waals surface area contributed by atoms with Crippen LogP contribution in [0.1, 0.15) is 49.0 Å². The van der Waals surface area contributed by atoms with Crippen LogP contribution in [0, 0.1) is 5.82 Å². The van der Waals surface area contributed by atoms with Crippen LogP contribution >= 0.6 is 0 Å². The van der Waals surface area contributed by atoms with Crippen LogP contribution in [0.3, 0.4) is 0 Å². The molecule has 0 saturated heterocycles. The van der Waals surface area contributed by atoms with E-state index in [-0.39, 0.29) is 28.7 Å². The Morgan fingerprint density at radius 2 is 2.20 bits per heavy atom. The van der Waals surface area contributed by atoms with E-state index < -0.39 is 17.2 Å². The molecule has 0 spiro atoms. The number of aromatic carboxylic acids is 1. The van der Waals surface area contributed by atoms with Crippen molar-refractivity contribution in [1.29, 1.82) is 0 Å². The van der Waals surface area contributed by atoms with Gasteiger partial charge in [-0.05, 0) is 31.4 Å². The van der Waals surface area contributed by atoms with Gasteiger partial charge in [0, 0.05) is 30.2 Å². The molecule has 1 aromatic heterocycles. The zero-order valence-corrected chi connectivity index (χ0v) is 14.1. The van der Waals surface area contributed by atoms with Crippen molar-refractivity contribution in [2.24, 2.45) is 5.73 Å². The van der Waals surface area contributed by atoms with E-state index in [4.69, 9.17) is 5.73 Å². The third-order valence-corrected chi connectivity index (χ3v) is 4.51. The van der Waals surface area contributed by atoms with Crippen molar-refractivity contribution in [3.63, 3.8) is 0 Å². The van der Waals surface area contributed by atoms with Crippen LogP contribution in [0.15, 0.2) is 23.1 Å². The molecule has 1 aliphatic rings. The summed E-state index contributed by atoms with van der Waals surface area (Å²) < 4.78 is 16.2. The van der Waals surface area contributed by atoms with Crippen LogP contribution < -0.4 is 16.5 Å². The van der Waals surface area contributed by atoms with Gasteiger partial charge in [-0.25, -0.2) is 9.18 Å². The van der Waals surface area contributed by atoms with Gasteiger partial charge in [-0.3, -0.25) is 4.79 Å². The molecule has 1 saturated carbocycles. The molecule has 1 unspecified atom stereocenters. The molecule has 0 amide bonds. The van der Waals surface area contributed by atoms with E-state index in [0.717, 1.165) is 31.7 Å². The molecule has 1 fully saturated rings. The number of nitrogens with one attached hydrogen (secondary N) is 1. The number of hydrogen-bond donors (Lipinski definition) is 3. The fourth-order valence-corrected chi connectivity index (χ4v) is 3.03. The van der Waals surface area contributed by atoms with Crippen LogP contribution in [-0.2, 0) is 0 Å². The van der Waals surface area contributed by atoms with Crippen LogP contribution in [-0.4, -0.2) is 28.2 Å². The lowest BCUT2D eigenvalue weighted by Crippen LogP contribution is -2.29. The first-order valence-corrected chi connectivity index (χ1v) is 8.53. The molecule has 2 aromatic rings. The number of carboxylic acid groups (broad SMARTS) is 1. The van der Waals surface area contributed by atoms with Gasteiger partial charge in [0.25, 0.3) is 0 Å². The summed E-state index contributed by atoms with van der Waals surface area (Å²) >= 11 is 0. The van der Waals surface area contributed by atoms with E-state index in [9.17, 15) is 19.1 Å². The first-order valence-electron chi connectivity index (χ1n) is 8.53. The maximum atomic E-state index is 14.4. The van der Waals surface area contributed by atoms with Crippen LogP contribution in [0.25, 0.3) is 10.9 Å². The average molecular weight is 347 g/mol. The summed E-state index contributed by atoms with van der Waals surface area (Å²) in [5.74, 6) is -1.88. The van der Waals surface area contributed by atoms with E-state index in [0.29, 0.717) is 12.1 Å². The second-order valence-electron chi connectivity index (χ2n) is 6.59. The average Bonchev–Trinajstić information content (AvgIpc) is 3.38. The number of carboxylic acids is 1. The van der Waals surface area contributed by atoms with Gasteiger partial charge in [0.05, 0.1) is 11.2 Å². The number of nitrogens with two attached hydrogens (primary N) is 1. The SMILES string of the molecule is CCCC(N)CNc1cc2c(cc1F)c(=O)c(C(=O)O)cn2C1CC1. The number of pyridine rings is 1. The smallest absolute Gasteiger partial charge is 0.341 e. The summed E-state index contributed by atoms with van der Waals surface area (Å²) in [6.07, 6.45) is 4.98. The number of benzene rings is 1. The molecule has 0 bridgehead atoms. The highest BCUT2D eigenvalue weighted by Gasteiger charge is 2.27. The van der Waals surface area contributed by atoms with Crippen molar-refractivity contribution in [2.75, 3.05) is 11.9 Å². The van der Waals surface area contributed by atoms with Gasteiger partial charge < -0.3 is 20.7 Å². The number of carbonyl (C=O) groups is 1. The summed E-state index contributed by atoms with van der Waals surface area (Å²) in [4.78, 5) is 23.7. The van der Waals surface area contributed by atoms with Crippen molar-refractivity contribution in [2.45, 2.75) is 44.7 Å². The molecule has 7 heteroatoms. The van der Waals surface area contributed by atoms with Crippen molar-refractivity contribution >= 4 is 22.6 Å². The zero-order chi connectivity index (χ0) is 18.1. The maximum Gasteiger partial charge on any atom is 0.341 e. The summed E-state index contributed by atoms with van der Waals surface area (Å²) in [7, 11) is 0. The summed E-state index contributed by atoms with van der Waals surface area (Å²) in [6.45, 7) is 2.46. The van der Waals surface area contributed by atoms with Gasteiger partial charge in [0.15, 0.2) is 0 Å². The quantitative estimate of drug-likeness (QED) is 0.715. The predicted molar refractivity (Wildman–Crippen MR) is 94.8 cm³/mol. The molecular weight excluding hydrogens is 325 g/mol. The van der Waals surface area contributed by atoms with Crippen LogP contribution in [0.4, 0.5) is 10.1 Å². The highest BCUT2D eigenvalue weighted by molar-refractivity contribution is 5.93. The predicted octanol–water partition coefficient (Wildman–Crippen LogP) is 2.71. The topological polar surface area (TPSA) is 97.3 Å². The highest BCUT2D eigenvalue weighted by Crippen LogP contribution is 2.37. The summed E-state index contributed by atoms with van der Waals surface area (Å²) in [5, 5.41) is 12.3. The number of hydrogen-bond acceptors (Lipinski definition) is 4. The minimum absolute atomic E-state index is 0.0832. The Morgan fingerprint density at radius 1 is 1.48 bits per heavy atom. The van der Waals surface area contributed by atoms with Gasteiger partial charge in [0.1, 0.15) is 11.4 Å². The Hall–Kier alpha value is -2.41.